The van der Waals surface area contributed by atoms with Crippen molar-refractivity contribution in [2.75, 3.05) is 0 Å². The Morgan fingerprint density at radius 2 is 1.35 bits per heavy atom. The average molecular weight is 285 g/mol. The number of unbranched alkanes of at least 4 members (excludes halogenated alkanes) is 7. The minimum Gasteiger partial charge on any atom is -0.271 e. The topological polar surface area (TPSA) is 38.0 Å². The standard InChI is InChI=1S/C18H40N2/c1-4-7-9-10-11-12-13-15-18(20-19)16-17(6-3)14-8-5-2/h17-18,20H,4-16,19H2,1-3H3. The second kappa shape index (κ2) is 15.3. The van der Waals surface area contributed by atoms with Gasteiger partial charge >= 0.3 is 0 Å². The minimum atomic E-state index is 0.535. The van der Waals surface area contributed by atoms with Gasteiger partial charge in [-0.3, -0.25) is 11.3 Å². The monoisotopic (exact) mass is 284 g/mol. The Balaban J connectivity index is 3.63. The second-order valence-electron chi connectivity index (χ2n) is 6.43. The van der Waals surface area contributed by atoms with Crippen molar-refractivity contribution in [1.82, 2.24) is 5.43 Å². The van der Waals surface area contributed by atoms with Crippen LogP contribution in [0.25, 0.3) is 0 Å². The second-order valence-corrected chi connectivity index (χ2v) is 6.43. The maximum atomic E-state index is 5.73. The summed E-state index contributed by atoms with van der Waals surface area (Å²) in [5.41, 5.74) is 3.05. The molecule has 0 aromatic heterocycles. The number of nitrogens with two attached hydrogens (primary N) is 1. The Morgan fingerprint density at radius 1 is 0.750 bits per heavy atom. The summed E-state index contributed by atoms with van der Waals surface area (Å²) in [4.78, 5) is 0. The lowest BCUT2D eigenvalue weighted by Crippen LogP contribution is -2.36. The highest BCUT2D eigenvalue weighted by atomic mass is 15.2. The van der Waals surface area contributed by atoms with Crippen LogP contribution in [0.4, 0.5) is 0 Å². The first kappa shape index (κ1) is 19.9. The number of hydrogen-bond acceptors (Lipinski definition) is 2. The lowest BCUT2D eigenvalue weighted by molar-refractivity contribution is 0.333. The van der Waals surface area contributed by atoms with Gasteiger partial charge in [0.15, 0.2) is 0 Å². The van der Waals surface area contributed by atoms with Crippen molar-refractivity contribution >= 4 is 0 Å². The smallest absolute Gasteiger partial charge is 0.0213 e. The fourth-order valence-corrected chi connectivity index (χ4v) is 3.00. The van der Waals surface area contributed by atoms with Crippen LogP contribution in [-0.4, -0.2) is 6.04 Å². The van der Waals surface area contributed by atoms with Gasteiger partial charge in [0, 0.05) is 6.04 Å². The predicted octanol–water partition coefficient (Wildman–Crippen LogP) is 5.57. The highest BCUT2D eigenvalue weighted by Crippen LogP contribution is 2.21. The van der Waals surface area contributed by atoms with Crippen LogP contribution in [0, 0.1) is 5.92 Å². The summed E-state index contributed by atoms with van der Waals surface area (Å²) in [7, 11) is 0. The van der Waals surface area contributed by atoms with Crippen molar-refractivity contribution in [1.29, 1.82) is 0 Å². The van der Waals surface area contributed by atoms with E-state index in [9.17, 15) is 0 Å². The first-order chi connectivity index (χ1) is 9.78. The van der Waals surface area contributed by atoms with Crippen LogP contribution >= 0.6 is 0 Å². The highest BCUT2D eigenvalue weighted by molar-refractivity contribution is 4.69. The molecule has 2 unspecified atom stereocenters. The molecular weight excluding hydrogens is 244 g/mol. The van der Waals surface area contributed by atoms with Gasteiger partial charge in [-0.05, 0) is 18.8 Å². The SMILES string of the molecule is CCCCCCCCCC(CC(CC)CCCC)NN. The van der Waals surface area contributed by atoms with E-state index in [4.69, 9.17) is 5.84 Å². The van der Waals surface area contributed by atoms with Crippen molar-refractivity contribution in [2.24, 2.45) is 11.8 Å². The molecule has 0 spiro atoms. The van der Waals surface area contributed by atoms with E-state index < -0.39 is 0 Å². The van der Waals surface area contributed by atoms with Crippen LogP contribution in [0.1, 0.15) is 104 Å². The molecule has 0 bridgehead atoms. The van der Waals surface area contributed by atoms with Crippen LogP contribution in [-0.2, 0) is 0 Å². The Kier molecular flexibility index (Phi) is 15.3. The van der Waals surface area contributed by atoms with E-state index in [1.807, 2.05) is 0 Å². The van der Waals surface area contributed by atoms with Gasteiger partial charge in [0.25, 0.3) is 0 Å². The number of rotatable bonds is 15. The Hall–Kier alpha value is -0.0800. The van der Waals surface area contributed by atoms with E-state index >= 15 is 0 Å². The molecule has 2 nitrogen and oxygen atoms in total. The molecule has 2 heteroatoms. The molecule has 122 valence electrons. The van der Waals surface area contributed by atoms with Gasteiger partial charge < -0.3 is 0 Å². The average Bonchev–Trinajstić information content (AvgIpc) is 2.48. The summed E-state index contributed by atoms with van der Waals surface area (Å²) in [6, 6.07) is 0.535. The fourth-order valence-electron chi connectivity index (χ4n) is 3.00. The van der Waals surface area contributed by atoms with E-state index in [0.29, 0.717) is 6.04 Å². The Labute approximate surface area is 128 Å². The minimum absolute atomic E-state index is 0.535. The van der Waals surface area contributed by atoms with E-state index in [-0.39, 0.29) is 0 Å². The van der Waals surface area contributed by atoms with Crippen molar-refractivity contribution in [3.8, 4) is 0 Å². The highest BCUT2D eigenvalue weighted by Gasteiger charge is 2.13. The zero-order chi connectivity index (χ0) is 15.1. The van der Waals surface area contributed by atoms with Crippen LogP contribution in [0.5, 0.6) is 0 Å². The van der Waals surface area contributed by atoms with Gasteiger partial charge in [-0.25, -0.2) is 0 Å². The molecular formula is C18H40N2. The first-order valence-electron chi connectivity index (χ1n) is 9.24. The van der Waals surface area contributed by atoms with Crippen molar-refractivity contribution in [2.45, 2.75) is 110 Å². The first-order valence-corrected chi connectivity index (χ1v) is 9.24. The van der Waals surface area contributed by atoms with Crippen molar-refractivity contribution in [3.05, 3.63) is 0 Å². The molecule has 0 aromatic carbocycles. The van der Waals surface area contributed by atoms with Crippen LogP contribution in [0.2, 0.25) is 0 Å². The zero-order valence-corrected chi connectivity index (χ0v) is 14.4. The third-order valence-electron chi connectivity index (χ3n) is 4.55. The Morgan fingerprint density at radius 3 is 1.90 bits per heavy atom. The predicted molar refractivity (Wildman–Crippen MR) is 91.6 cm³/mol. The van der Waals surface area contributed by atoms with Gasteiger partial charge in [0.05, 0.1) is 0 Å². The molecule has 0 aliphatic rings. The van der Waals surface area contributed by atoms with Crippen LogP contribution < -0.4 is 11.3 Å². The largest absolute Gasteiger partial charge is 0.271 e. The number of nitrogens with one attached hydrogen (secondary N) is 1. The van der Waals surface area contributed by atoms with Crippen LogP contribution in [0.15, 0.2) is 0 Å². The molecule has 0 rings (SSSR count). The molecule has 0 aromatic rings. The molecule has 20 heavy (non-hydrogen) atoms. The van der Waals surface area contributed by atoms with E-state index in [1.165, 1.54) is 83.5 Å². The summed E-state index contributed by atoms with van der Waals surface area (Å²) < 4.78 is 0. The summed E-state index contributed by atoms with van der Waals surface area (Å²) >= 11 is 0. The quantitative estimate of drug-likeness (QED) is 0.234. The van der Waals surface area contributed by atoms with Gasteiger partial charge in [-0.2, -0.15) is 0 Å². The third-order valence-corrected chi connectivity index (χ3v) is 4.55. The van der Waals surface area contributed by atoms with Gasteiger partial charge in [-0.1, -0.05) is 91.4 Å². The van der Waals surface area contributed by atoms with Crippen molar-refractivity contribution < 1.29 is 0 Å². The molecule has 0 radical (unpaired) electrons. The van der Waals surface area contributed by atoms with E-state index in [1.54, 1.807) is 0 Å². The summed E-state index contributed by atoms with van der Waals surface area (Å²) in [5, 5.41) is 0. The number of hydrazine groups is 1. The molecule has 0 amide bonds. The summed E-state index contributed by atoms with van der Waals surface area (Å²) in [6.07, 6.45) is 17.6. The fraction of sp³-hybridized carbons (Fsp3) is 1.00. The normalized spacial score (nSPS) is 14.4. The van der Waals surface area contributed by atoms with Gasteiger partial charge in [0.1, 0.15) is 0 Å². The maximum absolute atomic E-state index is 5.73. The van der Waals surface area contributed by atoms with Gasteiger partial charge in [-0.15, -0.1) is 0 Å². The summed E-state index contributed by atoms with van der Waals surface area (Å²) in [6.45, 7) is 6.88. The molecule has 2 atom stereocenters. The molecule has 0 saturated heterocycles. The molecule has 0 heterocycles. The molecule has 3 N–H and O–H groups in total. The zero-order valence-electron chi connectivity index (χ0n) is 14.4. The molecule has 0 fully saturated rings. The molecule has 0 saturated carbocycles. The maximum Gasteiger partial charge on any atom is 0.0213 e. The number of hydrogen-bond donors (Lipinski definition) is 2. The summed E-state index contributed by atoms with van der Waals surface area (Å²) in [5.74, 6) is 6.60. The Bertz CT molecular complexity index is 182. The molecule has 0 aliphatic carbocycles. The van der Waals surface area contributed by atoms with E-state index in [2.05, 4.69) is 26.2 Å². The van der Waals surface area contributed by atoms with E-state index in [0.717, 1.165) is 5.92 Å². The van der Waals surface area contributed by atoms with Gasteiger partial charge in [0.2, 0.25) is 0 Å². The third kappa shape index (κ3) is 11.7. The van der Waals surface area contributed by atoms with Crippen molar-refractivity contribution in [3.63, 3.8) is 0 Å². The molecule has 0 aliphatic heterocycles. The van der Waals surface area contributed by atoms with Crippen LogP contribution in [0.3, 0.4) is 0 Å². The lowest BCUT2D eigenvalue weighted by Gasteiger charge is -2.22. The lowest BCUT2D eigenvalue weighted by atomic mass is 9.90.